The molecule has 6 heteroatoms. The van der Waals surface area contributed by atoms with Gasteiger partial charge in [0.2, 0.25) is 5.91 Å². The quantitative estimate of drug-likeness (QED) is 0.638. The topological polar surface area (TPSA) is 110 Å². The lowest BCUT2D eigenvalue weighted by Gasteiger charge is -2.25. The first kappa shape index (κ1) is 16.8. The van der Waals surface area contributed by atoms with Gasteiger partial charge in [-0.2, -0.15) is 0 Å². The van der Waals surface area contributed by atoms with Gasteiger partial charge in [0.15, 0.2) is 5.79 Å². The number of carbonyl (C=O) groups excluding carboxylic acids is 2. The Morgan fingerprint density at radius 3 is 2.54 bits per heavy atom. The molecule has 6 N–H and O–H groups in total. The molecule has 0 radical (unpaired) electrons. The van der Waals surface area contributed by atoms with Crippen molar-refractivity contribution in [1.29, 1.82) is 0 Å². The Morgan fingerprint density at radius 1 is 1.12 bits per heavy atom. The standard InChI is InChI=1S/C18H26N4O2/c19-17(24)8-9-18(20)21-14-7-6-12(10-15(14)22-18)11-16(23)13-4-2-1-3-5-13/h6-7,10,13,21-22H,1-5,8-9,11,20H2,(H2,19,24). The second-order valence-corrected chi connectivity index (χ2v) is 7.05. The number of nitrogens with one attached hydrogen (secondary N) is 2. The molecule has 1 saturated carbocycles. The van der Waals surface area contributed by atoms with Crippen LogP contribution in [0.25, 0.3) is 0 Å². The summed E-state index contributed by atoms with van der Waals surface area (Å²) < 4.78 is 0. The Morgan fingerprint density at radius 2 is 1.83 bits per heavy atom. The largest absolute Gasteiger partial charge is 0.370 e. The smallest absolute Gasteiger partial charge is 0.217 e. The number of hydrogen-bond acceptors (Lipinski definition) is 5. The zero-order valence-electron chi connectivity index (χ0n) is 13.9. The lowest BCUT2D eigenvalue weighted by molar-refractivity contribution is -0.123. The second kappa shape index (κ2) is 6.81. The number of amides is 1. The molecule has 1 amide bonds. The number of nitrogens with two attached hydrogens (primary N) is 2. The third-order valence-electron chi connectivity index (χ3n) is 5.00. The van der Waals surface area contributed by atoms with Crippen molar-refractivity contribution in [3.63, 3.8) is 0 Å². The normalized spacial score (nSPS) is 23.2. The minimum atomic E-state index is -0.872. The molecule has 1 aromatic carbocycles. The molecule has 0 spiro atoms. The molecule has 0 saturated heterocycles. The van der Waals surface area contributed by atoms with Crippen LogP contribution in [0.4, 0.5) is 11.4 Å². The van der Waals surface area contributed by atoms with Gasteiger partial charge >= 0.3 is 0 Å². The Labute approximate surface area is 142 Å². The molecule has 130 valence electrons. The van der Waals surface area contributed by atoms with E-state index >= 15 is 0 Å². The van der Waals surface area contributed by atoms with E-state index in [4.69, 9.17) is 11.5 Å². The van der Waals surface area contributed by atoms with E-state index in [9.17, 15) is 9.59 Å². The Hall–Kier alpha value is -2.08. The van der Waals surface area contributed by atoms with Crippen molar-refractivity contribution < 1.29 is 9.59 Å². The SMILES string of the molecule is NC(=O)CCC1(N)Nc2ccc(CC(=O)C3CCCCC3)cc2N1. The second-order valence-electron chi connectivity index (χ2n) is 7.05. The van der Waals surface area contributed by atoms with Crippen LogP contribution < -0.4 is 22.1 Å². The minimum absolute atomic E-state index is 0.206. The number of carbonyl (C=O) groups is 2. The molecule has 0 aromatic heterocycles. The molecule has 1 heterocycles. The number of rotatable bonds is 6. The molecule has 1 aliphatic carbocycles. The van der Waals surface area contributed by atoms with Crippen molar-refractivity contribution in [1.82, 2.24) is 0 Å². The van der Waals surface area contributed by atoms with Crippen LogP contribution in [-0.2, 0) is 16.0 Å². The summed E-state index contributed by atoms with van der Waals surface area (Å²) >= 11 is 0. The molecule has 1 aliphatic heterocycles. The molecule has 6 nitrogen and oxygen atoms in total. The molecule has 3 rings (SSSR count). The van der Waals surface area contributed by atoms with Gasteiger partial charge in [0.25, 0.3) is 0 Å². The number of fused-ring (bicyclic) bond motifs is 1. The first-order valence-electron chi connectivity index (χ1n) is 8.74. The van der Waals surface area contributed by atoms with E-state index < -0.39 is 5.79 Å². The fourth-order valence-electron chi connectivity index (χ4n) is 3.64. The minimum Gasteiger partial charge on any atom is -0.370 e. The van der Waals surface area contributed by atoms with E-state index in [0.29, 0.717) is 18.6 Å². The summed E-state index contributed by atoms with van der Waals surface area (Å²) in [5, 5.41) is 6.39. The average molecular weight is 330 g/mol. The fraction of sp³-hybridized carbons (Fsp3) is 0.556. The maximum atomic E-state index is 12.5. The number of Topliss-reactive ketones (excluding diaryl/α,β-unsaturated/α-hetero) is 1. The van der Waals surface area contributed by atoms with Gasteiger partial charge in [-0.3, -0.25) is 15.3 Å². The monoisotopic (exact) mass is 330 g/mol. The highest BCUT2D eigenvalue weighted by Crippen LogP contribution is 2.35. The van der Waals surface area contributed by atoms with Gasteiger partial charge in [0, 0.05) is 25.2 Å². The molecule has 1 fully saturated rings. The van der Waals surface area contributed by atoms with Gasteiger partial charge in [-0.25, -0.2) is 0 Å². The summed E-state index contributed by atoms with van der Waals surface area (Å²) in [6.45, 7) is 0. The summed E-state index contributed by atoms with van der Waals surface area (Å²) in [6, 6.07) is 5.88. The van der Waals surface area contributed by atoms with Crippen LogP contribution in [0.2, 0.25) is 0 Å². The van der Waals surface area contributed by atoms with Crippen molar-refractivity contribution in [2.24, 2.45) is 17.4 Å². The van der Waals surface area contributed by atoms with Crippen LogP contribution in [0, 0.1) is 5.92 Å². The first-order valence-corrected chi connectivity index (χ1v) is 8.74. The van der Waals surface area contributed by atoms with Crippen molar-refractivity contribution in [3.8, 4) is 0 Å². The van der Waals surface area contributed by atoms with E-state index in [0.717, 1.165) is 29.8 Å². The van der Waals surface area contributed by atoms with Crippen LogP contribution in [-0.4, -0.2) is 17.5 Å². The third-order valence-corrected chi connectivity index (χ3v) is 5.00. The molecule has 0 bridgehead atoms. The summed E-state index contributed by atoms with van der Waals surface area (Å²) in [4.78, 5) is 23.4. The highest BCUT2D eigenvalue weighted by atomic mass is 16.1. The van der Waals surface area contributed by atoms with E-state index in [1.807, 2.05) is 18.2 Å². The summed E-state index contributed by atoms with van der Waals surface area (Å²) in [7, 11) is 0. The predicted octanol–water partition coefficient (Wildman–Crippen LogP) is 2.09. The maximum absolute atomic E-state index is 12.5. The first-order chi connectivity index (χ1) is 11.5. The highest BCUT2D eigenvalue weighted by Gasteiger charge is 2.32. The van der Waals surface area contributed by atoms with Crippen LogP contribution in [0.1, 0.15) is 50.5 Å². The van der Waals surface area contributed by atoms with Crippen LogP contribution in [0.3, 0.4) is 0 Å². The van der Waals surface area contributed by atoms with Gasteiger partial charge in [0.05, 0.1) is 11.4 Å². The van der Waals surface area contributed by atoms with Crippen molar-refractivity contribution in [3.05, 3.63) is 23.8 Å². The van der Waals surface area contributed by atoms with E-state index in [2.05, 4.69) is 10.6 Å². The fourth-order valence-corrected chi connectivity index (χ4v) is 3.64. The highest BCUT2D eigenvalue weighted by molar-refractivity contribution is 5.85. The molecule has 1 unspecified atom stereocenters. The summed E-state index contributed by atoms with van der Waals surface area (Å²) in [6.07, 6.45) is 6.72. The van der Waals surface area contributed by atoms with Gasteiger partial charge < -0.3 is 16.4 Å². The summed E-state index contributed by atoms with van der Waals surface area (Å²) in [5.41, 5.74) is 14.2. The van der Waals surface area contributed by atoms with Crippen LogP contribution in [0.5, 0.6) is 0 Å². The van der Waals surface area contributed by atoms with E-state index in [1.165, 1.54) is 19.3 Å². The number of benzene rings is 1. The van der Waals surface area contributed by atoms with E-state index in [1.54, 1.807) is 0 Å². The van der Waals surface area contributed by atoms with Crippen molar-refractivity contribution in [2.75, 3.05) is 10.6 Å². The summed E-state index contributed by atoms with van der Waals surface area (Å²) in [5.74, 6) is -0.683. The molecule has 1 atom stereocenters. The maximum Gasteiger partial charge on any atom is 0.217 e. The van der Waals surface area contributed by atoms with E-state index in [-0.39, 0.29) is 18.2 Å². The van der Waals surface area contributed by atoms with Gasteiger partial charge in [-0.05, 0) is 30.5 Å². The van der Waals surface area contributed by atoms with Crippen LogP contribution >= 0.6 is 0 Å². The van der Waals surface area contributed by atoms with Crippen molar-refractivity contribution >= 4 is 23.1 Å². The Bertz CT molecular complexity index is 640. The van der Waals surface area contributed by atoms with Gasteiger partial charge in [0.1, 0.15) is 5.78 Å². The molecule has 24 heavy (non-hydrogen) atoms. The molecule has 2 aliphatic rings. The zero-order valence-corrected chi connectivity index (χ0v) is 13.9. The number of anilines is 2. The van der Waals surface area contributed by atoms with Gasteiger partial charge in [-0.15, -0.1) is 0 Å². The number of primary amides is 1. The number of ketones is 1. The lowest BCUT2D eigenvalue weighted by atomic mass is 9.84. The Kier molecular flexibility index (Phi) is 4.76. The van der Waals surface area contributed by atoms with Crippen molar-refractivity contribution in [2.45, 2.75) is 57.2 Å². The molecule has 1 aromatic rings. The van der Waals surface area contributed by atoms with Gasteiger partial charge in [-0.1, -0.05) is 25.3 Å². The lowest BCUT2D eigenvalue weighted by Crippen LogP contribution is -2.51. The number of hydrogen-bond donors (Lipinski definition) is 4. The predicted molar refractivity (Wildman–Crippen MR) is 94.3 cm³/mol. The Balaban J connectivity index is 1.63. The zero-order chi connectivity index (χ0) is 17.2. The molecular weight excluding hydrogens is 304 g/mol. The molecular formula is C18H26N4O2. The third kappa shape index (κ3) is 3.87. The average Bonchev–Trinajstić information content (AvgIpc) is 2.90. The van der Waals surface area contributed by atoms with Crippen LogP contribution in [0.15, 0.2) is 18.2 Å².